The third-order valence-electron chi connectivity index (χ3n) is 2.88. The lowest BCUT2D eigenvalue weighted by atomic mass is 10.1. The van der Waals surface area contributed by atoms with Crippen LogP contribution >= 0.6 is 11.6 Å². The Bertz CT molecular complexity index is 584. The first-order valence-electron chi connectivity index (χ1n) is 6.02. The summed E-state index contributed by atoms with van der Waals surface area (Å²) in [6, 6.07) is 14.7. The molecule has 0 spiro atoms. The van der Waals surface area contributed by atoms with Gasteiger partial charge in [-0.2, -0.15) is 0 Å². The van der Waals surface area contributed by atoms with Crippen LogP contribution in [0.15, 0.2) is 48.5 Å². The monoisotopic (exact) mass is 274 g/mol. The van der Waals surface area contributed by atoms with E-state index in [0.717, 1.165) is 11.1 Å². The quantitative estimate of drug-likeness (QED) is 0.901. The molecule has 0 atom stereocenters. The molecule has 0 aliphatic carbocycles. The molecule has 0 aromatic heterocycles. The first-order chi connectivity index (χ1) is 9.22. The fraction of sp³-hybridized carbons (Fsp3) is 0.133. The zero-order valence-electron chi connectivity index (χ0n) is 10.4. The predicted molar refractivity (Wildman–Crippen MR) is 77.0 cm³/mol. The average molecular weight is 275 g/mol. The minimum Gasteiger partial charge on any atom is -0.348 e. The number of nitrogens with two attached hydrogens (primary N) is 1. The van der Waals surface area contributed by atoms with Gasteiger partial charge < -0.3 is 11.1 Å². The molecule has 0 bridgehead atoms. The Hall–Kier alpha value is -1.84. The summed E-state index contributed by atoms with van der Waals surface area (Å²) in [4.78, 5) is 12.1. The van der Waals surface area contributed by atoms with Gasteiger partial charge >= 0.3 is 0 Å². The number of halogens is 1. The summed E-state index contributed by atoms with van der Waals surface area (Å²) >= 11 is 6.04. The first kappa shape index (κ1) is 13.6. The SMILES string of the molecule is NCc1ccccc1C(=O)NCc1ccccc1Cl. The van der Waals surface area contributed by atoms with E-state index in [4.69, 9.17) is 17.3 Å². The van der Waals surface area contributed by atoms with Crippen LogP contribution in [0.1, 0.15) is 21.5 Å². The van der Waals surface area contributed by atoms with Crippen LogP contribution < -0.4 is 11.1 Å². The van der Waals surface area contributed by atoms with E-state index in [1.54, 1.807) is 12.1 Å². The van der Waals surface area contributed by atoms with Crippen LogP contribution in [0.4, 0.5) is 0 Å². The topological polar surface area (TPSA) is 55.1 Å². The molecule has 3 N–H and O–H groups in total. The van der Waals surface area contributed by atoms with Crippen LogP contribution in [0.3, 0.4) is 0 Å². The Morgan fingerprint density at radius 3 is 2.37 bits per heavy atom. The Kier molecular flexibility index (Phi) is 4.55. The van der Waals surface area contributed by atoms with E-state index in [9.17, 15) is 4.79 Å². The van der Waals surface area contributed by atoms with Gasteiger partial charge in [0.2, 0.25) is 0 Å². The van der Waals surface area contributed by atoms with Crippen molar-refractivity contribution < 1.29 is 4.79 Å². The molecule has 0 fully saturated rings. The highest BCUT2D eigenvalue weighted by Gasteiger charge is 2.09. The molecule has 0 saturated carbocycles. The van der Waals surface area contributed by atoms with Gasteiger partial charge in [0.05, 0.1) is 0 Å². The third-order valence-corrected chi connectivity index (χ3v) is 3.25. The zero-order valence-corrected chi connectivity index (χ0v) is 11.2. The fourth-order valence-electron chi connectivity index (χ4n) is 1.83. The first-order valence-corrected chi connectivity index (χ1v) is 6.39. The Morgan fingerprint density at radius 2 is 1.68 bits per heavy atom. The summed E-state index contributed by atoms with van der Waals surface area (Å²) in [5.41, 5.74) is 7.95. The van der Waals surface area contributed by atoms with Crippen molar-refractivity contribution in [2.75, 3.05) is 0 Å². The molecule has 3 nitrogen and oxygen atoms in total. The molecule has 4 heteroatoms. The van der Waals surface area contributed by atoms with Gasteiger partial charge in [0, 0.05) is 23.7 Å². The van der Waals surface area contributed by atoms with E-state index in [1.807, 2.05) is 36.4 Å². The average Bonchev–Trinajstić information content (AvgIpc) is 2.46. The molecule has 0 heterocycles. The van der Waals surface area contributed by atoms with E-state index in [0.29, 0.717) is 23.7 Å². The standard InChI is InChI=1S/C15H15ClN2O/c16-14-8-4-2-6-12(14)10-18-15(19)13-7-3-1-5-11(13)9-17/h1-8H,9-10,17H2,(H,18,19). The highest BCUT2D eigenvalue weighted by molar-refractivity contribution is 6.31. The number of carbonyl (C=O) groups is 1. The zero-order chi connectivity index (χ0) is 13.7. The molecular formula is C15H15ClN2O. The van der Waals surface area contributed by atoms with Crippen LogP contribution in [0.2, 0.25) is 5.02 Å². The molecule has 0 aliphatic heterocycles. The number of hydrogen-bond acceptors (Lipinski definition) is 2. The van der Waals surface area contributed by atoms with Crippen molar-refractivity contribution in [2.45, 2.75) is 13.1 Å². The van der Waals surface area contributed by atoms with Crippen molar-refractivity contribution in [1.29, 1.82) is 0 Å². The van der Waals surface area contributed by atoms with Crippen molar-refractivity contribution in [3.05, 3.63) is 70.2 Å². The maximum atomic E-state index is 12.1. The van der Waals surface area contributed by atoms with E-state index in [-0.39, 0.29) is 5.91 Å². The Balaban J connectivity index is 2.08. The lowest BCUT2D eigenvalue weighted by Gasteiger charge is -2.09. The van der Waals surface area contributed by atoms with Crippen molar-refractivity contribution in [3.8, 4) is 0 Å². The van der Waals surface area contributed by atoms with Gasteiger partial charge in [0.25, 0.3) is 5.91 Å². The molecule has 2 aromatic rings. The number of amides is 1. The summed E-state index contributed by atoms with van der Waals surface area (Å²) in [6.45, 7) is 0.743. The second-order valence-corrected chi connectivity index (χ2v) is 4.54. The highest BCUT2D eigenvalue weighted by atomic mass is 35.5. The lowest BCUT2D eigenvalue weighted by Crippen LogP contribution is -2.24. The van der Waals surface area contributed by atoms with Gasteiger partial charge in [-0.05, 0) is 23.3 Å². The summed E-state index contributed by atoms with van der Waals surface area (Å²) in [7, 11) is 0. The molecule has 19 heavy (non-hydrogen) atoms. The molecule has 0 saturated heterocycles. The third kappa shape index (κ3) is 3.34. The minimum atomic E-state index is -0.138. The molecule has 2 rings (SSSR count). The second kappa shape index (κ2) is 6.36. The highest BCUT2D eigenvalue weighted by Crippen LogP contribution is 2.15. The normalized spacial score (nSPS) is 10.2. The summed E-state index contributed by atoms with van der Waals surface area (Å²) in [5, 5.41) is 3.50. The molecule has 0 radical (unpaired) electrons. The number of nitrogens with one attached hydrogen (secondary N) is 1. The number of benzene rings is 2. The van der Waals surface area contributed by atoms with Gasteiger partial charge in [-0.3, -0.25) is 4.79 Å². The summed E-state index contributed by atoms with van der Waals surface area (Å²) < 4.78 is 0. The molecular weight excluding hydrogens is 260 g/mol. The van der Waals surface area contributed by atoms with Gasteiger partial charge in [-0.25, -0.2) is 0 Å². The van der Waals surface area contributed by atoms with E-state index in [2.05, 4.69) is 5.32 Å². The van der Waals surface area contributed by atoms with E-state index in [1.165, 1.54) is 0 Å². The maximum Gasteiger partial charge on any atom is 0.251 e. The molecule has 0 unspecified atom stereocenters. The number of rotatable bonds is 4. The summed E-state index contributed by atoms with van der Waals surface area (Å²) in [5.74, 6) is -0.138. The van der Waals surface area contributed by atoms with Crippen molar-refractivity contribution in [2.24, 2.45) is 5.73 Å². The largest absolute Gasteiger partial charge is 0.348 e. The fourth-order valence-corrected chi connectivity index (χ4v) is 2.03. The van der Waals surface area contributed by atoms with Crippen LogP contribution in [0.5, 0.6) is 0 Å². The van der Waals surface area contributed by atoms with Crippen molar-refractivity contribution in [3.63, 3.8) is 0 Å². The van der Waals surface area contributed by atoms with Gasteiger partial charge in [-0.15, -0.1) is 0 Å². The predicted octanol–water partition coefficient (Wildman–Crippen LogP) is 2.73. The number of carbonyl (C=O) groups excluding carboxylic acids is 1. The number of hydrogen-bond donors (Lipinski definition) is 2. The van der Waals surface area contributed by atoms with Gasteiger partial charge in [-0.1, -0.05) is 48.0 Å². The lowest BCUT2D eigenvalue weighted by molar-refractivity contribution is 0.0950. The van der Waals surface area contributed by atoms with Crippen LogP contribution in [-0.2, 0) is 13.1 Å². The van der Waals surface area contributed by atoms with Crippen LogP contribution in [0, 0.1) is 0 Å². The van der Waals surface area contributed by atoms with E-state index < -0.39 is 0 Å². The maximum absolute atomic E-state index is 12.1. The molecule has 98 valence electrons. The molecule has 1 amide bonds. The molecule has 0 aliphatic rings. The van der Waals surface area contributed by atoms with Crippen molar-refractivity contribution in [1.82, 2.24) is 5.32 Å². The van der Waals surface area contributed by atoms with E-state index >= 15 is 0 Å². The molecule has 2 aromatic carbocycles. The van der Waals surface area contributed by atoms with Crippen LogP contribution in [-0.4, -0.2) is 5.91 Å². The van der Waals surface area contributed by atoms with Gasteiger partial charge in [0.15, 0.2) is 0 Å². The summed E-state index contributed by atoms with van der Waals surface area (Å²) in [6.07, 6.45) is 0. The minimum absolute atomic E-state index is 0.138. The van der Waals surface area contributed by atoms with Crippen molar-refractivity contribution >= 4 is 17.5 Å². The second-order valence-electron chi connectivity index (χ2n) is 4.14. The van der Waals surface area contributed by atoms with Gasteiger partial charge in [0.1, 0.15) is 0 Å². The van der Waals surface area contributed by atoms with Crippen LogP contribution in [0.25, 0.3) is 0 Å². The Labute approximate surface area is 117 Å². The Morgan fingerprint density at radius 1 is 1.05 bits per heavy atom. The smallest absolute Gasteiger partial charge is 0.251 e.